The third kappa shape index (κ3) is 3.93. The fraction of sp³-hybridized carbons (Fsp3) is 0.353. The van der Waals surface area contributed by atoms with Crippen molar-refractivity contribution >= 4 is 17.7 Å². The van der Waals surface area contributed by atoms with Gasteiger partial charge < -0.3 is 14.5 Å². The molecule has 0 radical (unpaired) electrons. The lowest BCUT2D eigenvalue weighted by molar-refractivity contribution is 0.0947. The van der Waals surface area contributed by atoms with Gasteiger partial charge in [-0.05, 0) is 31.0 Å². The van der Waals surface area contributed by atoms with Gasteiger partial charge in [0.05, 0.1) is 24.2 Å². The monoisotopic (exact) mass is 317 g/mol. The molecule has 1 saturated heterocycles. The maximum absolute atomic E-state index is 12.4. The summed E-state index contributed by atoms with van der Waals surface area (Å²) in [5.74, 6) is 0.836. The van der Waals surface area contributed by atoms with E-state index in [1.807, 2.05) is 30.3 Å². The summed E-state index contributed by atoms with van der Waals surface area (Å²) in [7, 11) is 0. The van der Waals surface area contributed by atoms with Gasteiger partial charge in [-0.1, -0.05) is 12.1 Å². The van der Waals surface area contributed by atoms with E-state index in [-0.39, 0.29) is 5.91 Å². The number of furan rings is 1. The van der Waals surface area contributed by atoms with E-state index in [2.05, 4.69) is 5.32 Å². The molecule has 2 heterocycles. The molecule has 0 bridgehead atoms. The first-order chi connectivity index (χ1) is 10.8. The SMILES string of the molecule is O=C(NCc1ccoc1)c1ccccc1SC[C@@H]1CCCO1. The van der Waals surface area contributed by atoms with Gasteiger partial charge >= 0.3 is 0 Å². The Morgan fingerprint density at radius 2 is 2.23 bits per heavy atom. The molecule has 1 aliphatic rings. The fourth-order valence-corrected chi connectivity index (χ4v) is 3.53. The van der Waals surface area contributed by atoms with Crippen molar-refractivity contribution in [1.82, 2.24) is 5.32 Å². The molecule has 1 aromatic carbocycles. The summed E-state index contributed by atoms with van der Waals surface area (Å²) in [4.78, 5) is 13.4. The van der Waals surface area contributed by atoms with E-state index >= 15 is 0 Å². The summed E-state index contributed by atoms with van der Waals surface area (Å²) in [6, 6.07) is 9.56. The summed E-state index contributed by atoms with van der Waals surface area (Å²) in [6.07, 6.45) is 5.80. The predicted octanol–water partition coefficient (Wildman–Crippen LogP) is 3.48. The molecule has 1 aromatic heterocycles. The summed E-state index contributed by atoms with van der Waals surface area (Å²) in [5.41, 5.74) is 1.67. The van der Waals surface area contributed by atoms with Crippen LogP contribution in [0.5, 0.6) is 0 Å². The molecule has 0 aliphatic carbocycles. The number of carbonyl (C=O) groups excluding carboxylic acids is 1. The highest BCUT2D eigenvalue weighted by Gasteiger charge is 2.17. The van der Waals surface area contributed by atoms with Gasteiger partial charge in [0.2, 0.25) is 0 Å². The molecule has 1 atom stereocenters. The molecule has 22 heavy (non-hydrogen) atoms. The lowest BCUT2D eigenvalue weighted by atomic mass is 10.2. The van der Waals surface area contributed by atoms with Gasteiger partial charge in [-0.2, -0.15) is 0 Å². The summed E-state index contributed by atoms with van der Waals surface area (Å²) in [6.45, 7) is 1.33. The molecular formula is C17H19NO3S. The average Bonchev–Trinajstić information content (AvgIpc) is 3.24. The number of amides is 1. The van der Waals surface area contributed by atoms with Crippen molar-refractivity contribution in [2.24, 2.45) is 0 Å². The van der Waals surface area contributed by atoms with E-state index in [4.69, 9.17) is 9.15 Å². The predicted molar refractivity (Wildman–Crippen MR) is 86.0 cm³/mol. The maximum Gasteiger partial charge on any atom is 0.252 e. The van der Waals surface area contributed by atoms with Crippen LogP contribution < -0.4 is 5.32 Å². The van der Waals surface area contributed by atoms with Crippen LogP contribution in [0.3, 0.4) is 0 Å². The normalized spacial score (nSPS) is 17.5. The first-order valence-corrected chi connectivity index (χ1v) is 8.44. The van der Waals surface area contributed by atoms with Crippen molar-refractivity contribution in [2.45, 2.75) is 30.4 Å². The highest BCUT2D eigenvalue weighted by Crippen LogP contribution is 2.26. The van der Waals surface area contributed by atoms with Crippen LogP contribution in [0.1, 0.15) is 28.8 Å². The fourth-order valence-electron chi connectivity index (χ4n) is 2.41. The Balaban J connectivity index is 1.60. The average molecular weight is 317 g/mol. The van der Waals surface area contributed by atoms with Gasteiger partial charge in [0.25, 0.3) is 5.91 Å². The van der Waals surface area contributed by atoms with Crippen molar-refractivity contribution < 1.29 is 13.9 Å². The van der Waals surface area contributed by atoms with Crippen molar-refractivity contribution in [3.63, 3.8) is 0 Å². The quantitative estimate of drug-likeness (QED) is 0.829. The molecule has 1 fully saturated rings. The van der Waals surface area contributed by atoms with E-state index in [0.29, 0.717) is 18.2 Å². The molecule has 1 aliphatic heterocycles. The van der Waals surface area contributed by atoms with Crippen LogP contribution in [-0.4, -0.2) is 24.4 Å². The van der Waals surface area contributed by atoms with Crippen molar-refractivity contribution in [2.75, 3.05) is 12.4 Å². The molecule has 0 unspecified atom stereocenters. The Labute approximate surface area is 134 Å². The van der Waals surface area contributed by atoms with Gasteiger partial charge in [0.15, 0.2) is 0 Å². The van der Waals surface area contributed by atoms with Crippen molar-refractivity contribution in [3.8, 4) is 0 Å². The molecule has 2 aromatic rings. The second-order valence-electron chi connectivity index (χ2n) is 5.26. The van der Waals surface area contributed by atoms with Crippen LogP contribution >= 0.6 is 11.8 Å². The molecule has 3 rings (SSSR count). The van der Waals surface area contributed by atoms with Crippen molar-refractivity contribution in [3.05, 3.63) is 54.0 Å². The second kappa shape index (κ2) is 7.51. The van der Waals surface area contributed by atoms with Gasteiger partial charge in [0.1, 0.15) is 0 Å². The Morgan fingerprint density at radius 1 is 1.32 bits per heavy atom. The smallest absolute Gasteiger partial charge is 0.252 e. The number of nitrogens with one attached hydrogen (secondary N) is 1. The minimum absolute atomic E-state index is 0.0587. The number of ether oxygens (including phenoxy) is 1. The third-order valence-corrected chi connectivity index (χ3v) is 4.82. The molecule has 1 amide bonds. The van der Waals surface area contributed by atoms with Crippen LogP contribution in [0.4, 0.5) is 0 Å². The Bertz CT molecular complexity index is 606. The minimum Gasteiger partial charge on any atom is -0.472 e. The number of hydrogen-bond donors (Lipinski definition) is 1. The molecular weight excluding hydrogens is 298 g/mol. The van der Waals surface area contributed by atoms with E-state index in [9.17, 15) is 4.79 Å². The molecule has 1 N–H and O–H groups in total. The van der Waals surface area contributed by atoms with E-state index < -0.39 is 0 Å². The van der Waals surface area contributed by atoms with E-state index in [1.165, 1.54) is 0 Å². The summed E-state index contributed by atoms with van der Waals surface area (Å²) >= 11 is 1.69. The molecule has 0 spiro atoms. The third-order valence-electron chi connectivity index (χ3n) is 3.61. The van der Waals surface area contributed by atoms with Crippen LogP contribution in [0.25, 0.3) is 0 Å². The standard InChI is InChI=1S/C17H19NO3S/c19-17(18-10-13-7-9-20-11-13)15-5-1-2-6-16(15)22-12-14-4-3-8-21-14/h1-2,5-7,9,11,14H,3-4,8,10,12H2,(H,18,19)/t14-/m0/s1. The summed E-state index contributed by atoms with van der Waals surface area (Å²) in [5, 5.41) is 2.93. The Hall–Kier alpha value is -1.72. The maximum atomic E-state index is 12.4. The van der Waals surface area contributed by atoms with Crippen molar-refractivity contribution in [1.29, 1.82) is 0 Å². The molecule has 5 heteroatoms. The zero-order chi connectivity index (χ0) is 15.2. The molecule has 4 nitrogen and oxygen atoms in total. The number of hydrogen-bond acceptors (Lipinski definition) is 4. The van der Waals surface area contributed by atoms with Gasteiger partial charge in [-0.25, -0.2) is 0 Å². The van der Waals surface area contributed by atoms with Crippen LogP contribution in [0, 0.1) is 0 Å². The second-order valence-corrected chi connectivity index (χ2v) is 6.32. The zero-order valence-corrected chi connectivity index (χ0v) is 13.1. The Kier molecular flexibility index (Phi) is 5.19. The number of carbonyl (C=O) groups is 1. The van der Waals surface area contributed by atoms with E-state index in [1.54, 1.807) is 24.3 Å². The molecule has 0 saturated carbocycles. The first-order valence-electron chi connectivity index (χ1n) is 7.45. The highest BCUT2D eigenvalue weighted by atomic mass is 32.2. The summed E-state index contributed by atoms with van der Waals surface area (Å²) < 4.78 is 10.6. The highest BCUT2D eigenvalue weighted by molar-refractivity contribution is 7.99. The van der Waals surface area contributed by atoms with Crippen LogP contribution in [-0.2, 0) is 11.3 Å². The number of benzene rings is 1. The first kappa shape index (κ1) is 15.2. The van der Waals surface area contributed by atoms with Gasteiger partial charge in [0, 0.05) is 29.4 Å². The van der Waals surface area contributed by atoms with E-state index in [0.717, 1.165) is 35.7 Å². The largest absolute Gasteiger partial charge is 0.472 e. The molecule has 116 valence electrons. The zero-order valence-electron chi connectivity index (χ0n) is 12.3. The van der Waals surface area contributed by atoms with Crippen LogP contribution in [0.15, 0.2) is 52.2 Å². The minimum atomic E-state index is -0.0587. The number of rotatable bonds is 6. The van der Waals surface area contributed by atoms with Gasteiger partial charge in [-0.15, -0.1) is 11.8 Å². The Morgan fingerprint density at radius 3 is 3.00 bits per heavy atom. The van der Waals surface area contributed by atoms with Gasteiger partial charge in [-0.3, -0.25) is 4.79 Å². The lowest BCUT2D eigenvalue weighted by Gasteiger charge is -2.12. The number of thioether (sulfide) groups is 1. The lowest BCUT2D eigenvalue weighted by Crippen LogP contribution is -2.23. The van der Waals surface area contributed by atoms with Crippen LogP contribution in [0.2, 0.25) is 0 Å². The topological polar surface area (TPSA) is 51.5 Å².